The molecule has 9 heteroatoms. The molecule has 204 valence electrons. The molecule has 39 heavy (non-hydrogen) atoms. The molecule has 9 nitrogen and oxygen atoms in total. The number of piperidine rings is 1. The zero-order valence-corrected chi connectivity index (χ0v) is 22.6. The zero-order chi connectivity index (χ0) is 27.6. The Morgan fingerprint density at radius 3 is 2.51 bits per heavy atom. The second-order valence-corrected chi connectivity index (χ2v) is 11.1. The molecule has 1 aliphatic carbocycles. The maximum absolute atomic E-state index is 13.2. The van der Waals surface area contributed by atoms with E-state index >= 15 is 0 Å². The molecule has 1 aliphatic heterocycles. The maximum atomic E-state index is 13.2. The van der Waals surface area contributed by atoms with Crippen molar-refractivity contribution < 1.29 is 24.0 Å². The van der Waals surface area contributed by atoms with Crippen LogP contribution in [0.25, 0.3) is 22.5 Å². The van der Waals surface area contributed by atoms with Crippen molar-refractivity contribution >= 4 is 17.7 Å². The van der Waals surface area contributed by atoms with Gasteiger partial charge in [0.1, 0.15) is 11.4 Å². The molecule has 0 bridgehead atoms. The van der Waals surface area contributed by atoms with Gasteiger partial charge in [0.2, 0.25) is 0 Å². The number of carbonyl (C=O) groups is 2. The van der Waals surface area contributed by atoms with Crippen LogP contribution >= 0.6 is 0 Å². The van der Waals surface area contributed by atoms with E-state index in [4.69, 9.17) is 9.15 Å². The highest BCUT2D eigenvalue weighted by Gasteiger charge is 2.28. The van der Waals surface area contributed by atoms with Gasteiger partial charge >= 0.3 is 6.09 Å². The molecule has 2 amide bonds. The van der Waals surface area contributed by atoms with E-state index in [9.17, 15) is 14.8 Å². The van der Waals surface area contributed by atoms with Crippen LogP contribution in [0.3, 0.4) is 0 Å². The largest absolute Gasteiger partial charge is 0.450 e. The molecule has 2 aliphatic rings. The summed E-state index contributed by atoms with van der Waals surface area (Å²) in [5.41, 5.74) is 4.75. The number of oxime groups is 1. The summed E-state index contributed by atoms with van der Waals surface area (Å²) in [7, 11) is 0. The summed E-state index contributed by atoms with van der Waals surface area (Å²) < 4.78 is 11.7. The van der Waals surface area contributed by atoms with E-state index in [0.717, 1.165) is 47.1 Å². The number of fused-ring (bicyclic) bond motifs is 1. The summed E-state index contributed by atoms with van der Waals surface area (Å²) in [5, 5.41) is 15.7. The van der Waals surface area contributed by atoms with Crippen LogP contribution in [0.5, 0.6) is 0 Å². The second-order valence-electron chi connectivity index (χ2n) is 11.1. The third-order valence-corrected chi connectivity index (χ3v) is 7.19. The summed E-state index contributed by atoms with van der Waals surface area (Å²) in [4.78, 5) is 31.3. The number of aryl methyl sites for hydroxylation is 1. The van der Waals surface area contributed by atoms with Gasteiger partial charge < -0.3 is 24.6 Å². The van der Waals surface area contributed by atoms with Gasteiger partial charge in [-0.2, -0.15) is 0 Å². The number of benzene rings is 1. The van der Waals surface area contributed by atoms with E-state index in [2.05, 4.69) is 15.5 Å². The van der Waals surface area contributed by atoms with Crippen LogP contribution in [0.4, 0.5) is 4.79 Å². The minimum atomic E-state index is -0.519. The van der Waals surface area contributed by atoms with Gasteiger partial charge in [-0.25, -0.2) is 4.79 Å². The quantitative estimate of drug-likeness (QED) is 0.332. The van der Waals surface area contributed by atoms with Crippen molar-refractivity contribution in [3.8, 4) is 22.5 Å². The van der Waals surface area contributed by atoms with E-state index in [1.54, 1.807) is 23.4 Å². The van der Waals surface area contributed by atoms with Crippen LogP contribution in [-0.2, 0) is 11.2 Å². The van der Waals surface area contributed by atoms with E-state index in [-0.39, 0.29) is 23.7 Å². The fourth-order valence-electron chi connectivity index (χ4n) is 5.15. The average Bonchev–Trinajstić information content (AvgIpc) is 3.56. The molecule has 2 N–H and O–H groups in total. The lowest BCUT2D eigenvalue weighted by Crippen LogP contribution is -2.43. The highest BCUT2D eigenvalue weighted by atomic mass is 16.6. The molecular weight excluding hydrogens is 496 g/mol. The van der Waals surface area contributed by atoms with Gasteiger partial charge in [-0.15, -0.1) is 0 Å². The van der Waals surface area contributed by atoms with E-state index in [1.807, 2.05) is 51.1 Å². The Hall–Kier alpha value is -4.14. The molecule has 5 rings (SSSR count). The number of amides is 2. The Morgan fingerprint density at radius 2 is 1.82 bits per heavy atom. The minimum absolute atomic E-state index is 0.237. The Balaban J connectivity index is 1.29. The fourth-order valence-corrected chi connectivity index (χ4v) is 5.15. The molecule has 1 saturated heterocycles. The molecule has 0 unspecified atom stereocenters. The molecular formula is C30H34N4O5. The number of nitrogens with zero attached hydrogens (tertiary/aromatic N) is 3. The number of hydrogen-bond donors (Lipinski definition) is 2. The molecule has 2 aromatic heterocycles. The van der Waals surface area contributed by atoms with Crippen molar-refractivity contribution in [1.82, 2.24) is 15.2 Å². The molecule has 1 aromatic carbocycles. The van der Waals surface area contributed by atoms with Crippen molar-refractivity contribution in [1.29, 1.82) is 0 Å². The van der Waals surface area contributed by atoms with Crippen LogP contribution < -0.4 is 5.32 Å². The minimum Gasteiger partial charge on any atom is -0.450 e. The highest BCUT2D eigenvalue weighted by Crippen LogP contribution is 2.37. The molecule has 0 atom stereocenters. The first-order valence-corrected chi connectivity index (χ1v) is 13.4. The zero-order valence-electron chi connectivity index (χ0n) is 22.6. The fraction of sp³-hybridized carbons (Fsp3) is 0.400. The second kappa shape index (κ2) is 10.9. The Kier molecular flexibility index (Phi) is 7.41. The number of furan rings is 1. The Labute approximate surface area is 227 Å². The van der Waals surface area contributed by atoms with Crippen LogP contribution in [0.15, 0.2) is 58.4 Å². The summed E-state index contributed by atoms with van der Waals surface area (Å²) in [5.74, 6) is 0.832. The summed E-state index contributed by atoms with van der Waals surface area (Å²) >= 11 is 0. The number of aromatic nitrogens is 1. The highest BCUT2D eigenvalue weighted by molar-refractivity contribution is 6.04. The third-order valence-electron chi connectivity index (χ3n) is 7.19. The third kappa shape index (κ3) is 5.97. The number of likely N-dealkylation sites (tertiary alicyclic amines) is 1. The predicted molar refractivity (Wildman–Crippen MR) is 147 cm³/mol. The van der Waals surface area contributed by atoms with Crippen LogP contribution in [-0.4, -0.2) is 58.0 Å². The van der Waals surface area contributed by atoms with Crippen molar-refractivity contribution in [2.24, 2.45) is 11.1 Å². The SMILES string of the molecule is CC(C)(C)OC(=O)N1CCC(CNC(=O)c2cc(-c3ccncc3)c(-c3ccc4c(c3)CC/C4=N/O)o2)CC1. The average molecular weight is 531 g/mol. The molecule has 0 radical (unpaired) electrons. The van der Waals surface area contributed by atoms with E-state index in [0.29, 0.717) is 37.5 Å². The van der Waals surface area contributed by atoms with Crippen molar-refractivity contribution in [3.05, 3.63) is 65.7 Å². The monoisotopic (exact) mass is 530 g/mol. The lowest BCUT2D eigenvalue weighted by atomic mass is 9.97. The predicted octanol–water partition coefficient (Wildman–Crippen LogP) is 5.51. The van der Waals surface area contributed by atoms with Crippen molar-refractivity contribution in [2.45, 2.75) is 52.1 Å². The van der Waals surface area contributed by atoms with Crippen molar-refractivity contribution in [3.63, 3.8) is 0 Å². The standard InChI is InChI=1S/C30H34N4O5/c1-30(2,3)39-29(36)34-14-10-19(11-15-34)18-32-28(35)26-17-24(20-8-12-31-13-9-20)27(38-26)22-4-6-23-21(16-22)5-7-25(23)33-37/h4,6,8-9,12-13,16-17,19,37H,5,7,10-11,14-15,18H2,1-3H3,(H,32,35)/b33-25-. The molecule has 0 saturated carbocycles. The molecule has 1 fully saturated rings. The Morgan fingerprint density at radius 1 is 1.08 bits per heavy atom. The lowest BCUT2D eigenvalue weighted by Gasteiger charge is -2.33. The van der Waals surface area contributed by atoms with Gasteiger partial charge in [0, 0.05) is 48.7 Å². The summed E-state index contributed by atoms with van der Waals surface area (Å²) in [6.07, 6.45) is 6.19. The van der Waals surface area contributed by atoms with Gasteiger partial charge in [-0.1, -0.05) is 17.3 Å². The van der Waals surface area contributed by atoms with Gasteiger partial charge in [-0.3, -0.25) is 9.78 Å². The van der Waals surface area contributed by atoms with Gasteiger partial charge in [0.25, 0.3) is 5.91 Å². The van der Waals surface area contributed by atoms with Gasteiger partial charge in [0.15, 0.2) is 5.76 Å². The first kappa shape index (κ1) is 26.5. The lowest BCUT2D eigenvalue weighted by molar-refractivity contribution is 0.0183. The van der Waals surface area contributed by atoms with E-state index in [1.165, 1.54) is 0 Å². The van der Waals surface area contributed by atoms with Gasteiger partial charge in [-0.05, 0) is 87.8 Å². The van der Waals surface area contributed by atoms with Crippen LogP contribution in [0, 0.1) is 5.92 Å². The number of ether oxygens (including phenoxy) is 1. The number of nitrogens with one attached hydrogen (secondary N) is 1. The Bertz CT molecular complexity index is 1380. The van der Waals surface area contributed by atoms with Crippen molar-refractivity contribution in [2.75, 3.05) is 19.6 Å². The normalized spacial score (nSPS) is 16.8. The van der Waals surface area contributed by atoms with Crippen LogP contribution in [0.1, 0.15) is 61.7 Å². The number of rotatable bonds is 5. The van der Waals surface area contributed by atoms with E-state index < -0.39 is 5.60 Å². The maximum Gasteiger partial charge on any atom is 0.410 e. The molecule has 0 spiro atoms. The summed E-state index contributed by atoms with van der Waals surface area (Å²) in [6, 6.07) is 11.5. The molecule has 3 aromatic rings. The summed E-state index contributed by atoms with van der Waals surface area (Å²) in [6.45, 7) is 7.30. The smallest absolute Gasteiger partial charge is 0.410 e. The topological polar surface area (TPSA) is 117 Å². The molecule has 3 heterocycles. The first-order chi connectivity index (χ1) is 18.7. The first-order valence-electron chi connectivity index (χ1n) is 13.4. The number of hydrogen-bond acceptors (Lipinski definition) is 7. The number of carbonyl (C=O) groups excluding carboxylic acids is 2. The van der Waals surface area contributed by atoms with Crippen LogP contribution in [0.2, 0.25) is 0 Å². The van der Waals surface area contributed by atoms with Gasteiger partial charge in [0.05, 0.1) is 5.71 Å². The number of pyridine rings is 1.